The summed E-state index contributed by atoms with van der Waals surface area (Å²) in [6.07, 6.45) is 2.54. The van der Waals surface area contributed by atoms with Crippen LogP contribution >= 0.6 is 0 Å². The Morgan fingerprint density at radius 1 is 1.16 bits per heavy atom. The van der Waals surface area contributed by atoms with Crippen LogP contribution in [0.4, 0.5) is 14.5 Å². The van der Waals surface area contributed by atoms with Crippen LogP contribution in [0.5, 0.6) is 0 Å². The molecule has 0 fully saturated rings. The number of para-hydroxylation sites is 1. The van der Waals surface area contributed by atoms with Crippen molar-refractivity contribution in [3.05, 3.63) is 59.8 Å². The van der Waals surface area contributed by atoms with Crippen molar-refractivity contribution < 1.29 is 17.2 Å². The van der Waals surface area contributed by atoms with E-state index in [0.717, 1.165) is 22.0 Å². The molecule has 0 saturated heterocycles. The summed E-state index contributed by atoms with van der Waals surface area (Å²) in [6.45, 7) is 2.44. The number of aromatic amines is 1. The van der Waals surface area contributed by atoms with Crippen LogP contribution in [0.15, 0.2) is 53.6 Å². The number of alkyl halides is 2. The lowest BCUT2D eigenvalue weighted by molar-refractivity contribution is 0.235. The minimum atomic E-state index is -4.63. The Hall–Kier alpha value is -2.41. The van der Waals surface area contributed by atoms with Crippen LogP contribution < -0.4 is 5.32 Å². The average molecular weight is 364 g/mol. The van der Waals surface area contributed by atoms with Crippen molar-refractivity contribution in [1.82, 2.24) is 4.98 Å². The van der Waals surface area contributed by atoms with Crippen LogP contribution in [-0.2, 0) is 16.3 Å². The van der Waals surface area contributed by atoms with Gasteiger partial charge >= 0.3 is 5.76 Å². The molecule has 0 aliphatic heterocycles. The zero-order valence-electron chi connectivity index (χ0n) is 13.6. The summed E-state index contributed by atoms with van der Waals surface area (Å²) in [4.78, 5) is 2.83. The first-order valence-corrected chi connectivity index (χ1v) is 9.36. The molecule has 2 aromatic carbocycles. The van der Waals surface area contributed by atoms with Crippen molar-refractivity contribution in [3.8, 4) is 0 Å². The fourth-order valence-corrected chi connectivity index (χ4v) is 3.70. The van der Waals surface area contributed by atoms with Gasteiger partial charge in [-0.1, -0.05) is 24.3 Å². The smallest absolute Gasteiger partial charge is 0.341 e. The number of rotatable bonds is 6. The Kier molecular flexibility index (Phi) is 4.76. The minimum absolute atomic E-state index is 0.193. The van der Waals surface area contributed by atoms with Gasteiger partial charge in [-0.15, -0.1) is 0 Å². The molecule has 1 heterocycles. The van der Waals surface area contributed by atoms with Gasteiger partial charge in [0, 0.05) is 23.6 Å². The number of fused-ring (bicyclic) bond motifs is 1. The number of hydrogen-bond donors (Lipinski definition) is 2. The van der Waals surface area contributed by atoms with Crippen LogP contribution in [0.25, 0.3) is 10.9 Å². The van der Waals surface area contributed by atoms with E-state index in [2.05, 4.69) is 16.4 Å². The molecule has 0 atom stereocenters. The normalized spacial score (nSPS) is 12.0. The third-order valence-electron chi connectivity index (χ3n) is 4.06. The van der Waals surface area contributed by atoms with Gasteiger partial charge in [0.05, 0.1) is 10.6 Å². The molecule has 0 bridgehead atoms. The van der Waals surface area contributed by atoms with E-state index in [0.29, 0.717) is 13.0 Å². The van der Waals surface area contributed by atoms with Gasteiger partial charge in [0.1, 0.15) is 0 Å². The molecule has 0 radical (unpaired) electrons. The van der Waals surface area contributed by atoms with Gasteiger partial charge in [0.25, 0.3) is 0 Å². The first-order chi connectivity index (χ1) is 11.9. The average Bonchev–Trinajstić information content (AvgIpc) is 2.97. The molecule has 0 aliphatic rings. The van der Waals surface area contributed by atoms with E-state index in [1.807, 2.05) is 25.3 Å². The number of benzene rings is 2. The predicted molar refractivity (Wildman–Crippen MR) is 94.9 cm³/mol. The van der Waals surface area contributed by atoms with E-state index in [-0.39, 0.29) is 10.6 Å². The molecule has 0 unspecified atom stereocenters. The number of sulfone groups is 1. The first kappa shape index (κ1) is 17.4. The standard InChI is InChI=1S/C18H18F2N2O2S/c1-12-6-7-14-13(11-22-16(14)10-12)8-9-21-15-4-2-3-5-17(15)25(23,24)18(19)20/h2-7,10-11,18,21-22H,8-9H2,1H3. The molecular formula is C18H18F2N2O2S. The molecule has 132 valence electrons. The molecular weight excluding hydrogens is 346 g/mol. The van der Waals surface area contributed by atoms with Crippen LogP contribution in [0.1, 0.15) is 11.1 Å². The van der Waals surface area contributed by atoms with Crippen LogP contribution in [0.2, 0.25) is 0 Å². The van der Waals surface area contributed by atoms with E-state index < -0.39 is 15.6 Å². The van der Waals surface area contributed by atoms with E-state index in [9.17, 15) is 17.2 Å². The number of H-pyrrole nitrogens is 1. The zero-order chi connectivity index (χ0) is 18.0. The summed E-state index contributed by atoms with van der Waals surface area (Å²) in [5, 5.41) is 4.06. The van der Waals surface area contributed by atoms with Gasteiger partial charge in [-0.05, 0) is 42.7 Å². The van der Waals surface area contributed by atoms with Gasteiger partial charge in [-0.25, -0.2) is 8.42 Å². The summed E-state index contributed by atoms with van der Waals surface area (Å²) in [5.74, 6) is -3.44. The van der Waals surface area contributed by atoms with Crippen molar-refractivity contribution in [3.63, 3.8) is 0 Å². The maximum atomic E-state index is 12.8. The highest BCUT2D eigenvalue weighted by molar-refractivity contribution is 7.91. The van der Waals surface area contributed by atoms with E-state index >= 15 is 0 Å². The minimum Gasteiger partial charge on any atom is -0.384 e. The van der Waals surface area contributed by atoms with Gasteiger partial charge in [-0.3, -0.25) is 0 Å². The highest BCUT2D eigenvalue weighted by Gasteiger charge is 2.28. The summed E-state index contributed by atoms with van der Waals surface area (Å²) in [5.41, 5.74) is 3.47. The number of aryl methyl sites for hydroxylation is 1. The monoisotopic (exact) mass is 364 g/mol. The molecule has 0 saturated carbocycles. The van der Waals surface area contributed by atoms with Gasteiger partial charge < -0.3 is 10.3 Å². The second-order valence-electron chi connectivity index (χ2n) is 5.84. The summed E-state index contributed by atoms with van der Waals surface area (Å²) >= 11 is 0. The molecule has 3 rings (SSSR count). The lowest BCUT2D eigenvalue weighted by atomic mass is 10.1. The fourth-order valence-electron chi connectivity index (χ4n) is 2.80. The number of anilines is 1. The van der Waals surface area contributed by atoms with Crippen molar-refractivity contribution in [2.24, 2.45) is 0 Å². The maximum Gasteiger partial charge on any atom is 0.341 e. The fraction of sp³-hybridized carbons (Fsp3) is 0.222. The predicted octanol–water partition coefficient (Wildman–Crippen LogP) is 4.13. The lowest BCUT2D eigenvalue weighted by Crippen LogP contribution is -2.15. The molecule has 2 N–H and O–H groups in total. The SMILES string of the molecule is Cc1ccc2c(CCNc3ccccc3S(=O)(=O)C(F)F)c[nH]c2c1. The van der Waals surface area contributed by atoms with Gasteiger partial charge in [0.15, 0.2) is 0 Å². The van der Waals surface area contributed by atoms with Crippen LogP contribution in [0.3, 0.4) is 0 Å². The van der Waals surface area contributed by atoms with E-state index in [1.54, 1.807) is 6.07 Å². The Labute approximate surface area is 144 Å². The molecule has 7 heteroatoms. The number of nitrogens with one attached hydrogen (secondary N) is 2. The molecule has 25 heavy (non-hydrogen) atoms. The first-order valence-electron chi connectivity index (χ1n) is 7.81. The third kappa shape index (κ3) is 3.51. The molecule has 0 spiro atoms. The second kappa shape index (κ2) is 6.84. The van der Waals surface area contributed by atoms with Crippen LogP contribution in [-0.4, -0.2) is 25.7 Å². The van der Waals surface area contributed by atoms with E-state index in [4.69, 9.17) is 0 Å². The van der Waals surface area contributed by atoms with Crippen molar-refractivity contribution in [2.45, 2.75) is 24.0 Å². The highest BCUT2D eigenvalue weighted by atomic mass is 32.2. The van der Waals surface area contributed by atoms with Gasteiger partial charge in [-0.2, -0.15) is 8.78 Å². The third-order valence-corrected chi connectivity index (χ3v) is 5.50. The Balaban J connectivity index is 1.76. The lowest BCUT2D eigenvalue weighted by Gasteiger charge is -2.12. The molecule has 1 aromatic heterocycles. The summed E-state index contributed by atoms with van der Waals surface area (Å²) < 4.78 is 49.1. The van der Waals surface area contributed by atoms with Crippen molar-refractivity contribution >= 4 is 26.4 Å². The van der Waals surface area contributed by atoms with Crippen molar-refractivity contribution in [2.75, 3.05) is 11.9 Å². The Bertz CT molecular complexity index is 997. The Morgan fingerprint density at radius 3 is 2.68 bits per heavy atom. The van der Waals surface area contributed by atoms with Crippen molar-refractivity contribution in [1.29, 1.82) is 0 Å². The topological polar surface area (TPSA) is 62.0 Å². The van der Waals surface area contributed by atoms with Gasteiger partial charge in [0.2, 0.25) is 9.84 Å². The zero-order valence-corrected chi connectivity index (χ0v) is 14.4. The number of halogens is 2. The largest absolute Gasteiger partial charge is 0.384 e. The Morgan fingerprint density at radius 2 is 1.92 bits per heavy atom. The molecule has 4 nitrogen and oxygen atoms in total. The number of aromatic nitrogens is 1. The quantitative estimate of drug-likeness (QED) is 0.691. The second-order valence-corrected chi connectivity index (χ2v) is 7.73. The van der Waals surface area contributed by atoms with E-state index in [1.165, 1.54) is 18.2 Å². The summed E-state index contributed by atoms with van der Waals surface area (Å²) in [7, 11) is -4.63. The highest BCUT2D eigenvalue weighted by Crippen LogP contribution is 2.26. The molecule has 0 amide bonds. The van der Waals surface area contributed by atoms with Crippen LogP contribution in [0, 0.1) is 6.92 Å². The maximum absolute atomic E-state index is 12.8. The number of hydrogen-bond acceptors (Lipinski definition) is 3. The molecule has 3 aromatic rings. The molecule has 0 aliphatic carbocycles. The summed E-state index contributed by atoms with van der Waals surface area (Å²) in [6, 6.07) is 11.8.